The summed E-state index contributed by atoms with van der Waals surface area (Å²) in [6, 6.07) is 5.92. The minimum Gasteiger partial charge on any atom is -0.412 e. The molecule has 0 aromatic heterocycles. The van der Waals surface area contributed by atoms with Crippen molar-refractivity contribution in [3.8, 4) is 0 Å². The zero-order valence-corrected chi connectivity index (χ0v) is 19.2. The fourth-order valence-corrected chi connectivity index (χ4v) is 3.48. The smallest absolute Gasteiger partial charge is 0.263 e. The normalized spacial score (nSPS) is 21.1. The van der Waals surface area contributed by atoms with E-state index < -0.39 is 0 Å². The first-order chi connectivity index (χ1) is 13.8. The van der Waals surface area contributed by atoms with Gasteiger partial charge in [-0.3, -0.25) is 19.7 Å². The van der Waals surface area contributed by atoms with Crippen molar-refractivity contribution in [2.24, 2.45) is 21.5 Å². The van der Waals surface area contributed by atoms with Crippen LogP contribution in [0.1, 0.15) is 44.9 Å². The van der Waals surface area contributed by atoms with Crippen LogP contribution in [0.15, 0.2) is 44.9 Å². The number of carbonyl (C=O) groups is 1. The molecule has 8 N–H and O–H groups in total. The van der Waals surface area contributed by atoms with Gasteiger partial charge in [0.15, 0.2) is 0 Å². The zero-order valence-electron chi connectivity index (χ0n) is 18.3. The van der Waals surface area contributed by atoms with Crippen molar-refractivity contribution in [3.05, 3.63) is 35.5 Å². The van der Waals surface area contributed by atoms with Crippen LogP contribution in [0.2, 0.25) is 0 Å². The summed E-state index contributed by atoms with van der Waals surface area (Å²) in [7, 11) is 1.68. The van der Waals surface area contributed by atoms with Crippen molar-refractivity contribution in [1.29, 1.82) is 0 Å². The molecule has 1 aliphatic carbocycles. The third-order valence-electron chi connectivity index (χ3n) is 5.30. The van der Waals surface area contributed by atoms with Crippen LogP contribution in [-0.2, 0) is 0 Å². The van der Waals surface area contributed by atoms with E-state index in [2.05, 4.69) is 41.4 Å². The predicted molar refractivity (Wildman–Crippen MR) is 131 cm³/mol. The molecule has 1 saturated carbocycles. The van der Waals surface area contributed by atoms with Gasteiger partial charge in [-0.05, 0) is 51.3 Å². The van der Waals surface area contributed by atoms with E-state index in [9.17, 15) is 4.79 Å². The van der Waals surface area contributed by atoms with Gasteiger partial charge in [-0.15, -0.1) is 12.6 Å². The molecule has 0 saturated heterocycles. The van der Waals surface area contributed by atoms with E-state index in [-0.39, 0.29) is 29.9 Å². The average molecular weight is 453 g/mol. The number of fused-ring (bicyclic) bond motifs is 3. The zero-order chi connectivity index (χ0) is 21.2. The van der Waals surface area contributed by atoms with Crippen molar-refractivity contribution in [2.75, 3.05) is 25.0 Å². The molecule has 31 heavy (non-hydrogen) atoms. The standard InChI is InChI=1S/C17H21N5OS.C4H9N.2H2O.H2/c1-11-5-6-20-17-21(10-12(8-18)9-19-2)16(23)14-7-13(24)3-4-15(14)22(11)17;1-4(5)2-3-4;;;/h3-4,7-9,11,24H,5-6,10,18H2,1-2H3;2-3,5H2,1H3;2*1H2;1H/b12-8+,19-9?;;;;/t11-;;;;/m1..../s1. The van der Waals surface area contributed by atoms with Gasteiger partial charge < -0.3 is 27.3 Å². The Morgan fingerprint density at radius 1 is 1.42 bits per heavy atom. The molecule has 0 spiro atoms. The van der Waals surface area contributed by atoms with Gasteiger partial charge in [-0.1, -0.05) is 0 Å². The number of rotatable bonds is 3. The Balaban J connectivity index is 0.00000106. The lowest BCUT2D eigenvalue weighted by Crippen LogP contribution is -2.57. The molecule has 10 heteroatoms. The summed E-state index contributed by atoms with van der Waals surface area (Å²) in [5, 5.41) is 0. The molecule has 1 aromatic carbocycles. The quantitative estimate of drug-likeness (QED) is 0.461. The van der Waals surface area contributed by atoms with Crippen LogP contribution in [0.4, 0.5) is 5.69 Å². The molecule has 1 aromatic rings. The minimum absolute atomic E-state index is 0. The summed E-state index contributed by atoms with van der Waals surface area (Å²) >= 11 is 4.38. The molecule has 9 nitrogen and oxygen atoms in total. The van der Waals surface area contributed by atoms with Crippen LogP contribution >= 0.6 is 12.6 Å². The number of nitrogens with two attached hydrogens (primary N) is 2. The lowest BCUT2D eigenvalue weighted by atomic mass is 10.0. The maximum atomic E-state index is 13.1. The molecule has 1 atom stereocenters. The number of thiol groups is 1. The van der Waals surface area contributed by atoms with Gasteiger partial charge in [0.2, 0.25) is 5.96 Å². The second kappa shape index (κ2) is 10.8. The van der Waals surface area contributed by atoms with E-state index in [0.717, 1.165) is 22.6 Å². The van der Waals surface area contributed by atoms with Crippen LogP contribution in [0.25, 0.3) is 0 Å². The third kappa shape index (κ3) is 6.07. The van der Waals surface area contributed by atoms with Gasteiger partial charge in [-0.25, -0.2) is 0 Å². The van der Waals surface area contributed by atoms with Crippen molar-refractivity contribution >= 4 is 36.4 Å². The van der Waals surface area contributed by atoms with Crippen LogP contribution in [0.3, 0.4) is 0 Å². The highest BCUT2D eigenvalue weighted by atomic mass is 32.1. The Labute approximate surface area is 190 Å². The van der Waals surface area contributed by atoms with Crippen LogP contribution < -0.4 is 16.4 Å². The SMILES string of the molecule is CC1(N)CC1.CN=C/C(=C\N)CN1C(=O)c2cc(S)ccc2N2C1=NCC[C@H]2C.O.O.[HH]. The number of nitrogens with zero attached hydrogens (tertiary/aromatic N) is 4. The van der Waals surface area contributed by atoms with Crippen molar-refractivity contribution in [1.82, 2.24) is 4.90 Å². The van der Waals surface area contributed by atoms with Crippen LogP contribution in [0.5, 0.6) is 0 Å². The highest BCUT2D eigenvalue weighted by molar-refractivity contribution is 7.80. The minimum atomic E-state index is -0.0890. The Morgan fingerprint density at radius 2 is 2.06 bits per heavy atom. The molecule has 174 valence electrons. The number of anilines is 1. The second-order valence-corrected chi connectivity index (χ2v) is 8.58. The Morgan fingerprint density at radius 3 is 2.61 bits per heavy atom. The largest absolute Gasteiger partial charge is 0.412 e. The summed E-state index contributed by atoms with van der Waals surface area (Å²) in [5.41, 5.74) is 13.7. The Hall–Kier alpha value is -2.40. The first-order valence-corrected chi connectivity index (χ1v) is 10.3. The summed E-state index contributed by atoms with van der Waals surface area (Å²) < 4.78 is 0. The molecule has 2 aliphatic heterocycles. The number of amides is 1. The molecule has 3 aliphatic rings. The summed E-state index contributed by atoms with van der Waals surface area (Å²) in [6.45, 7) is 5.27. The lowest BCUT2D eigenvalue weighted by Gasteiger charge is -2.44. The Bertz CT molecular complexity index is 884. The number of benzene rings is 1. The van der Waals surface area contributed by atoms with Crippen LogP contribution in [-0.4, -0.2) is 65.7 Å². The summed E-state index contributed by atoms with van der Waals surface area (Å²) in [4.78, 5) is 26.2. The molecule has 1 fully saturated rings. The maximum Gasteiger partial charge on any atom is 0.263 e. The number of hydrogen-bond donors (Lipinski definition) is 3. The van der Waals surface area contributed by atoms with E-state index >= 15 is 0 Å². The van der Waals surface area contributed by atoms with Crippen molar-refractivity contribution in [3.63, 3.8) is 0 Å². The summed E-state index contributed by atoms with van der Waals surface area (Å²) in [6.07, 6.45) is 6.54. The van der Waals surface area contributed by atoms with E-state index in [0.29, 0.717) is 24.6 Å². The van der Waals surface area contributed by atoms with Gasteiger partial charge >= 0.3 is 0 Å². The second-order valence-electron chi connectivity index (χ2n) is 8.07. The number of carbonyl (C=O) groups excluding carboxylic acids is 1. The van der Waals surface area contributed by atoms with E-state index in [4.69, 9.17) is 11.5 Å². The molecule has 0 bridgehead atoms. The maximum absolute atomic E-state index is 13.1. The number of hydrogen-bond acceptors (Lipinski definition) is 7. The van der Waals surface area contributed by atoms with Gasteiger partial charge in [-0.2, -0.15) is 0 Å². The first-order valence-electron chi connectivity index (χ1n) is 9.88. The molecule has 0 unspecified atom stereocenters. The van der Waals surface area contributed by atoms with Crippen LogP contribution in [0, 0.1) is 0 Å². The van der Waals surface area contributed by atoms with Gasteiger partial charge in [0.05, 0.1) is 17.8 Å². The lowest BCUT2D eigenvalue weighted by molar-refractivity contribution is 0.0847. The Kier molecular flexibility index (Phi) is 9.25. The predicted octanol–water partition coefficient (Wildman–Crippen LogP) is 1.02. The molecular formula is C21H36N6O3S. The highest BCUT2D eigenvalue weighted by Crippen LogP contribution is 2.34. The number of guanidine groups is 1. The summed E-state index contributed by atoms with van der Waals surface area (Å²) in [5.74, 6) is 0.593. The first kappa shape index (κ1) is 26.6. The van der Waals surface area contributed by atoms with E-state index in [1.54, 1.807) is 18.2 Å². The molecule has 0 radical (unpaired) electrons. The van der Waals surface area contributed by atoms with E-state index in [1.165, 1.54) is 19.0 Å². The topological polar surface area (TPSA) is 163 Å². The molecular weight excluding hydrogens is 416 g/mol. The molecule has 2 heterocycles. The van der Waals surface area contributed by atoms with Crippen molar-refractivity contribution < 1.29 is 17.2 Å². The average Bonchev–Trinajstić information content (AvgIpc) is 3.39. The third-order valence-corrected chi connectivity index (χ3v) is 5.58. The fourth-order valence-electron chi connectivity index (χ4n) is 3.28. The number of aliphatic imine (C=N–C) groups is 2. The molecule has 1 amide bonds. The monoisotopic (exact) mass is 452 g/mol. The van der Waals surface area contributed by atoms with E-state index in [1.807, 2.05) is 18.2 Å². The highest BCUT2D eigenvalue weighted by Gasteiger charge is 2.39. The van der Waals surface area contributed by atoms with Gasteiger partial charge in [0.25, 0.3) is 5.91 Å². The van der Waals surface area contributed by atoms with Gasteiger partial charge in [0.1, 0.15) is 0 Å². The fraction of sp³-hybridized carbons (Fsp3) is 0.476. The van der Waals surface area contributed by atoms with Gasteiger partial charge in [0, 0.05) is 49.5 Å². The van der Waals surface area contributed by atoms with Crippen molar-refractivity contribution in [2.45, 2.75) is 49.6 Å². The molecule has 4 rings (SSSR count).